The van der Waals surface area contributed by atoms with Gasteiger partial charge >= 0.3 is 0 Å². The molecule has 1 aliphatic rings. The number of thioether (sulfide) groups is 1. The minimum absolute atomic E-state index is 0.0612. The summed E-state index contributed by atoms with van der Waals surface area (Å²) in [4.78, 5) is 1.14. The first-order valence-electron chi connectivity index (χ1n) is 10.4. The Labute approximate surface area is 179 Å². The van der Waals surface area contributed by atoms with E-state index in [0.29, 0.717) is 11.5 Å². The van der Waals surface area contributed by atoms with E-state index in [-0.39, 0.29) is 11.6 Å². The highest BCUT2D eigenvalue weighted by atomic mass is 32.2. The predicted molar refractivity (Wildman–Crippen MR) is 121 cm³/mol. The van der Waals surface area contributed by atoms with Gasteiger partial charge in [-0.1, -0.05) is 57.0 Å². The lowest BCUT2D eigenvalue weighted by Crippen LogP contribution is -2.48. The quantitative estimate of drug-likeness (QED) is 0.587. The van der Waals surface area contributed by atoms with Crippen LogP contribution in [0.3, 0.4) is 0 Å². The van der Waals surface area contributed by atoms with Crippen molar-refractivity contribution < 1.29 is 14.2 Å². The fourth-order valence-corrected chi connectivity index (χ4v) is 5.60. The maximum absolute atomic E-state index is 5.85. The molecule has 2 atom stereocenters. The number of fused-ring (bicyclic) bond motifs is 1. The number of hydrogen-bond acceptors (Lipinski definition) is 5. The fraction of sp³-hybridized carbons (Fsp3) is 0.500. The van der Waals surface area contributed by atoms with Gasteiger partial charge in [-0.2, -0.15) is 0 Å². The molecule has 5 heteroatoms. The zero-order valence-electron chi connectivity index (χ0n) is 18.2. The van der Waals surface area contributed by atoms with Crippen molar-refractivity contribution in [3.05, 3.63) is 47.5 Å². The summed E-state index contributed by atoms with van der Waals surface area (Å²) in [6.45, 7) is 4.55. The van der Waals surface area contributed by atoms with Gasteiger partial charge in [-0.3, -0.25) is 5.32 Å². The number of hydrogen-bond donors (Lipinski definition) is 1. The molecule has 0 bridgehead atoms. The molecule has 1 aliphatic heterocycles. The summed E-state index contributed by atoms with van der Waals surface area (Å²) in [5, 5.41) is 4.05. The largest absolute Gasteiger partial charge is 0.493 e. The molecule has 0 saturated carbocycles. The SMILES string of the molecule is CCCC[C@]1(CC)CSc2c(cc(OC)c(OC)c2OC)[C@H](c2ccccc2)N1. The third-order valence-electron chi connectivity index (χ3n) is 5.89. The van der Waals surface area contributed by atoms with Gasteiger partial charge in [0.2, 0.25) is 5.75 Å². The lowest BCUT2D eigenvalue weighted by Gasteiger charge is -2.36. The van der Waals surface area contributed by atoms with Crippen LogP contribution in [0.1, 0.15) is 56.7 Å². The van der Waals surface area contributed by atoms with Gasteiger partial charge in [0.05, 0.1) is 32.3 Å². The molecule has 2 aromatic carbocycles. The maximum atomic E-state index is 5.85. The summed E-state index contributed by atoms with van der Waals surface area (Å²) in [7, 11) is 5.05. The van der Waals surface area contributed by atoms with E-state index in [4.69, 9.17) is 14.2 Å². The Kier molecular flexibility index (Phi) is 7.36. The van der Waals surface area contributed by atoms with Crippen molar-refractivity contribution in [2.75, 3.05) is 27.1 Å². The van der Waals surface area contributed by atoms with E-state index >= 15 is 0 Å². The summed E-state index contributed by atoms with van der Waals surface area (Å²) >= 11 is 1.87. The molecule has 0 amide bonds. The highest BCUT2D eigenvalue weighted by Crippen LogP contribution is 2.51. The van der Waals surface area contributed by atoms with E-state index in [0.717, 1.165) is 29.2 Å². The molecule has 0 spiro atoms. The average molecular weight is 416 g/mol. The molecule has 4 nitrogen and oxygen atoms in total. The summed E-state index contributed by atoms with van der Waals surface area (Å²) in [5.41, 5.74) is 2.49. The first-order chi connectivity index (χ1) is 14.1. The van der Waals surface area contributed by atoms with Gasteiger partial charge in [-0.25, -0.2) is 0 Å². The predicted octanol–water partition coefficient (Wildman–Crippen LogP) is 5.84. The van der Waals surface area contributed by atoms with Gasteiger partial charge < -0.3 is 14.2 Å². The van der Waals surface area contributed by atoms with Gasteiger partial charge in [-0.15, -0.1) is 11.8 Å². The molecular weight excluding hydrogens is 382 g/mol. The first kappa shape index (κ1) is 21.8. The molecule has 3 rings (SSSR count). The number of unbranched alkanes of at least 4 members (excludes halogenated alkanes) is 1. The van der Waals surface area contributed by atoms with Crippen LogP contribution in [0.15, 0.2) is 41.3 Å². The smallest absolute Gasteiger partial charge is 0.204 e. The number of nitrogens with one attached hydrogen (secondary N) is 1. The Morgan fingerprint density at radius 2 is 1.76 bits per heavy atom. The topological polar surface area (TPSA) is 39.7 Å². The fourth-order valence-electron chi connectivity index (χ4n) is 4.10. The van der Waals surface area contributed by atoms with Gasteiger partial charge in [0.25, 0.3) is 0 Å². The third kappa shape index (κ3) is 4.36. The van der Waals surface area contributed by atoms with Crippen LogP contribution in [0, 0.1) is 0 Å². The summed E-state index contributed by atoms with van der Waals surface area (Å²) in [6, 6.07) is 12.8. The van der Waals surface area contributed by atoms with Crippen molar-refractivity contribution in [2.45, 2.75) is 56.0 Å². The second kappa shape index (κ2) is 9.77. The minimum atomic E-state index is 0.0612. The highest BCUT2D eigenvalue weighted by Gasteiger charge is 2.38. The van der Waals surface area contributed by atoms with Crippen LogP contribution in [0.2, 0.25) is 0 Å². The Morgan fingerprint density at radius 3 is 2.34 bits per heavy atom. The molecule has 29 heavy (non-hydrogen) atoms. The minimum Gasteiger partial charge on any atom is -0.493 e. The van der Waals surface area contributed by atoms with E-state index in [2.05, 4.69) is 55.6 Å². The van der Waals surface area contributed by atoms with Crippen molar-refractivity contribution in [3.8, 4) is 17.2 Å². The van der Waals surface area contributed by atoms with Crippen LogP contribution in [0.5, 0.6) is 17.2 Å². The van der Waals surface area contributed by atoms with E-state index in [9.17, 15) is 0 Å². The lowest BCUT2D eigenvalue weighted by atomic mass is 9.88. The van der Waals surface area contributed by atoms with Gasteiger partial charge in [0.1, 0.15) is 0 Å². The van der Waals surface area contributed by atoms with Crippen molar-refractivity contribution in [3.63, 3.8) is 0 Å². The number of methoxy groups -OCH3 is 3. The molecule has 158 valence electrons. The zero-order valence-corrected chi connectivity index (χ0v) is 19.0. The van der Waals surface area contributed by atoms with Crippen molar-refractivity contribution >= 4 is 11.8 Å². The number of benzene rings is 2. The standard InChI is InChI=1S/C24H33NO3S/c1-6-8-14-24(7-2)16-29-23-18(20(25-24)17-12-10-9-11-13-17)15-19(26-3)21(27-4)22(23)28-5/h9-13,15,20,25H,6-8,14,16H2,1-5H3/t20-,24+/m0/s1. The number of rotatable bonds is 8. The Morgan fingerprint density at radius 1 is 1.03 bits per heavy atom. The second-order valence-corrected chi connectivity index (χ2v) is 8.56. The lowest BCUT2D eigenvalue weighted by molar-refractivity contribution is 0.295. The summed E-state index contributed by atoms with van der Waals surface area (Å²) in [5.74, 6) is 3.11. The Bertz CT molecular complexity index is 812. The van der Waals surface area contributed by atoms with Crippen LogP contribution >= 0.6 is 11.8 Å². The maximum Gasteiger partial charge on any atom is 0.204 e. The van der Waals surface area contributed by atoms with Crippen LogP contribution in [-0.2, 0) is 0 Å². The second-order valence-electron chi connectivity index (χ2n) is 7.58. The molecule has 0 fully saturated rings. The Balaban J connectivity index is 2.20. The van der Waals surface area contributed by atoms with Crippen LogP contribution in [0.4, 0.5) is 0 Å². The van der Waals surface area contributed by atoms with E-state index < -0.39 is 0 Å². The number of ether oxygens (including phenoxy) is 3. The Hall–Kier alpha value is -1.85. The monoisotopic (exact) mass is 415 g/mol. The molecule has 0 radical (unpaired) electrons. The average Bonchev–Trinajstić information content (AvgIpc) is 2.94. The van der Waals surface area contributed by atoms with Crippen LogP contribution < -0.4 is 19.5 Å². The normalized spacial score (nSPS) is 21.2. The van der Waals surface area contributed by atoms with Gasteiger partial charge in [0, 0.05) is 11.3 Å². The van der Waals surface area contributed by atoms with Crippen molar-refractivity contribution in [1.82, 2.24) is 5.32 Å². The summed E-state index contributed by atoms with van der Waals surface area (Å²) < 4.78 is 17.2. The molecule has 0 unspecified atom stereocenters. The highest BCUT2D eigenvalue weighted by molar-refractivity contribution is 7.99. The first-order valence-corrected chi connectivity index (χ1v) is 11.4. The third-order valence-corrected chi connectivity index (χ3v) is 7.29. The molecule has 0 saturated heterocycles. The van der Waals surface area contributed by atoms with E-state index in [1.165, 1.54) is 24.0 Å². The molecule has 1 N–H and O–H groups in total. The molecule has 1 heterocycles. The van der Waals surface area contributed by atoms with Gasteiger partial charge in [-0.05, 0) is 30.0 Å². The van der Waals surface area contributed by atoms with Crippen LogP contribution in [-0.4, -0.2) is 32.6 Å². The van der Waals surface area contributed by atoms with Crippen molar-refractivity contribution in [2.24, 2.45) is 0 Å². The van der Waals surface area contributed by atoms with E-state index in [1.54, 1.807) is 21.3 Å². The molecular formula is C24H33NO3S. The molecule has 0 aromatic heterocycles. The van der Waals surface area contributed by atoms with Crippen LogP contribution in [0.25, 0.3) is 0 Å². The molecule has 0 aliphatic carbocycles. The van der Waals surface area contributed by atoms with Crippen molar-refractivity contribution in [1.29, 1.82) is 0 Å². The molecule has 2 aromatic rings. The van der Waals surface area contributed by atoms with Gasteiger partial charge in [0.15, 0.2) is 11.5 Å². The zero-order chi connectivity index (χ0) is 20.9. The summed E-state index contributed by atoms with van der Waals surface area (Å²) in [6.07, 6.45) is 4.64. The van der Waals surface area contributed by atoms with E-state index in [1.807, 2.05) is 11.8 Å².